The van der Waals surface area contributed by atoms with Gasteiger partial charge in [-0.1, -0.05) is 60.8 Å². The Labute approximate surface area is 206 Å². The molecule has 1 aliphatic heterocycles. The highest BCUT2D eigenvalue weighted by Crippen LogP contribution is 2.35. The van der Waals surface area contributed by atoms with Crippen LogP contribution in [0.5, 0.6) is 0 Å². The summed E-state index contributed by atoms with van der Waals surface area (Å²) in [6.07, 6.45) is 8.01. The van der Waals surface area contributed by atoms with Crippen molar-refractivity contribution in [3.63, 3.8) is 0 Å². The monoisotopic (exact) mass is 493 g/mol. The molecule has 3 amide bonds. The molecule has 6 nitrogen and oxygen atoms in total. The molecular formula is C26H24ClN3O3S. The van der Waals surface area contributed by atoms with Crippen LogP contribution in [0.4, 0.5) is 4.79 Å². The largest absolute Gasteiger partial charge is 0.352 e. The van der Waals surface area contributed by atoms with Gasteiger partial charge >= 0.3 is 0 Å². The summed E-state index contributed by atoms with van der Waals surface area (Å²) in [6.45, 7) is 0.337. The lowest BCUT2D eigenvalue weighted by atomic mass is 10.1. The summed E-state index contributed by atoms with van der Waals surface area (Å²) in [4.78, 5) is 39.9. The summed E-state index contributed by atoms with van der Waals surface area (Å²) in [6, 6.07) is 15.2. The van der Waals surface area contributed by atoms with Gasteiger partial charge in [-0.2, -0.15) is 0 Å². The molecule has 2 heterocycles. The number of rotatable bonds is 6. The Bertz CT molecular complexity index is 1310. The van der Waals surface area contributed by atoms with Crippen molar-refractivity contribution in [1.82, 2.24) is 14.8 Å². The highest BCUT2D eigenvalue weighted by molar-refractivity contribution is 8.18. The molecule has 1 aromatic heterocycles. The number of carbonyl (C=O) groups is 3. The minimum Gasteiger partial charge on any atom is -0.352 e. The predicted molar refractivity (Wildman–Crippen MR) is 135 cm³/mol. The van der Waals surface area contributed by atoms with Gasteiger partial charge in [0.05, 0.1) is 11.4 Å². The first-order valence-corrected chi connectivity index (χ1v) is 12.5. The van der Waals surface area contributed by atoms with E-state index in [-0.39, 0.29) is 36.2 Å². The van der Waals surface area contributed by atoms with Crippen molar-refractivity contribution in [2.24, 2.45) is 0 Å². The fourth-order valence-electron chi connectivity index (χ4n) is 4.59. The van der Waals surface area contributed by atoms with Crippen LogP contribution in [0, 0.1) is 0 Å². The summed E-state index contributed by atoms with van der Waals surface area (Å²) in [5.41, 5.74) is 2.43. The van der Waals surface area contributed by atoms with Gasteiger partial charge in [0.15, 0.2) is 0 Å². The quantitative estimate of drug-likeness (QED) is 0.454. The molecule has 2 aromatic carbocycles. The Balaban J connectivity index is 1.39. The van der Waals surface area contributed by atoms with E-state index >= 15 is 0 Å². The van der Waals surface area contributed by atoms with Crippen LogP contribution >= 0.6 is 23.4 Å². The topological polar surface area (TPSA) is 71.4 Å². The first-order valence-electron chi connectivity index (χ1n) is 11.4. The fourth-order valence-corrected chi connectivity index (χ4v) is 5.62. The van der Waals surface area contributed by atoms with Crippen LogP contribution in [0.3, 0.4) is 0 Å². The first kappa shape index (κ1) is 22.7. The van der Waals surface area contributed by atoms with E-state index in [1.54, 1.807) is 18.2 Å². The third-order valence-electron chi connectivity index (χ3n) is 6.30. The number of aromatic nitrogens is 1. The van der Waals surface area contributed by atoms with E-state index in [0.29, 0.717) is 9.93 Å². The number of thioether (sulfide) groups is 1. The van der Waals surface area contributed by atoms with Gasteiger partial charge in [0.25, 0.3) is 11.1 Å². The number of halogens is 1. The normalized spacial score (nSPS) is 17.9. The maximum atomic E-state index is 13.1. The summed E-state index contributed by atoms with van der Waals surface area (Å²) < 4.78 is 1.90. The summed E-state index contributed by atoms with van der Waals surface area (Å²) in [5, 5.41) is 4.25. The Hall–Kier alpha value is -3.03. The molecular weight excluding hydrogens is 470 g/mol. The third kappa shape index (κ3) is 4.63. The molecule has 1 saturated heterocycles. The minimum atomic E-state index is -0.342. The Morgan fingerprint density at radius 2 is 1.82 bits per heavy atom. The van der Waals surface area contributed by atoms with E-state index < -0.39 is 0 Å². The second kappa shape index (κ2) is 9.68. The number of benzene rings is 2. The number of imide groups is 1. The van der Waals surface area contributed by atoms with Crippen LogP contribution in [0.15, 0.2) is 59.6 Å². The van der Waals surface area contributed by atoms with Crippen molar-refractivity contribution in [3.8, 4) is 0 Å². The van der Waals surface area contributed by atoms with Crippen molar-refractivity contribution in [2.75, 3.05) is 0 Å². The minimum absolute atomic E-state index is 0.0146. The van der Waals surface area contributed by atoms with Crippen LogP contribution in [0.2, 0.25) is 5.02 Å². The van der Waals surface area contributed by atoms with Gasteiger partial charge in [0.1, 0.15) is 6.54 Å². The van der Waals surface area contributed by atoms with E-state index in [1.165, 1.54) is 4.90 Å². The van der Waals surface area contributed by atoms with Crippen LogP contribution in [-0.2, 0) is 22.7 Å². The number of nitrogens with one attached hydrogen (secondary N) is 1. The molecule has 0 unspecified atom stereocenters. The summed E-state index contributed by atoms with van der Waals surface area (Å²) in [7, 11) is 0. The van der Waals surface area contributed by atoms with E-state index in [9.17, 15) is 14.4 Å². The second-order valence-electron chi connectivity index (χ2n) is 8.64. The Kier molecular flexibility index (Phi) is 6.48. The van der Waals surface area contributed by atoms with Gasteiger partial charge in [-0.05, 0) is 48.4 Å². The molecule has 1 saturated carbocycles. The van der Waals surface area contributed by atoms with Crippen molar-refractivity contribution >= 4 is 57.4 Å². The van der Waals surface area contributed by atoms with Crippen molar-refractivity contribution in [2.45, 2.75) is 44.8 Å². The molecule has 8 heteroatoms. The van der Waals surface area contributed by atoms with E-state index in [0.717, 1.165) is 59.5 Å². The maximum absolute atomic E-state index is 13.1. The SMILES string of the molecule is O=C(Cn1cc(/C=C2\SC(=O)N(Cc3ccccc3Cl)C2=O)c2ccccc21)NC1CCCC1. The molecule has 2 aliphatic rings. The average molecular weight is 494 g/mol. The molecule has 0 spiro atoms. The number of amides is 3. The fraction of sp³-hybridized carbons (Fsp3) is 0.269. The zero-order chi connectivity index (χ0) is 23.7. The molecule has 1 aliphatic carbocycles. The number of para-hydroxylation sites is 1. The molecule has 0 atom stereocenters. The summed E-state index contributed by atoms with van der Waals surface area (Å²) >= 11 is 7.14. The third-order valence-corrected chi connectivity index (χ3v) is 7.58. The van der Waals surface area contributed by atoms with Gasteiger partial charge < -0.3 is 9.88 Å². The van der Waals surface area contributed by atoms with Crippen LogP contribution in [0.1, 0.15) is 36.8 Å². The van der Waals surface area contributed by atoms with Crippen molar-refractivity contribution < 1.29 is 14.4 Å². The molecule has 174 valence electrons. The number of nitrogens with zero attached hydrogens (tertiary/aromatic N) is 2. The lowest BCUT2D eigenvalue weighted by molar-refractivity contribution is -0.123. The number of fused-ring (bicyclic) bond motifs is 1. The molecule has 3 aromatic rings. The van der Waals surface area contributed by atoms with Crippen molar-refractivity contribution in [1.29, 1.82) is 0 Å². The van der Waals surface area contributed by atoms with Gasteiger partial charge in [-0.25, -0.2) is 0 Å². The van der Waals surface area contributed by atoms with Crippen LogP contribution < -0.4 is 5.32 Å². The molecule has 0 radical (unpaired) electrons. The molecule has 0 bridgehead atoms. The maximum Gasteiger partial charge on any atom is 0.293 e. The summed E-state index contributed by atoms with van der Waals surface area (Å²) in [5.74, 6) is -0.356. The second-order valence-corrected chi connectivity index (χ2v) is 10.0. The van der Waals surface area contributed by atoms with Gasteiger partial charge in [0, 0.05) is 33.7 Å². The van der Waals surface area contributed by atoms with Gasteiger partial charge in [-0.15, -0.1) is 0 Å². The molecule has 2 fully saturated rings. The number of carbonyl (C=O) groups excluding carboxylic acids is 3. The Morgan fingerprint density at radius 3 is 2.62 bits per heavy atom. The standard InChI is InChI=1S/C26H24ClN3O3S/c27-21-11-5-1-7-17(21)15-30-25(32)23(34-26(30)33)13-18-14-29(22-12-6-4-10-20(18)22)16-24(31)28-19-8-2-3-9-19/h1,4-7,10-14,19H,2-3,8-9,15-16H2,(H,28,31)/b23-13-. The van der Waals surface area contributed by atoms with E-state index in [4.69, 9.17) is 11.6 Å². The van der Waals surface area contributed by atoms with E-state index in [1.807, 2.05) is 47.2 Å². The molecule has 5 rings (SSSR count). The van der Waals surface area contributed by atoms with Gasteiger partial charge in [0.2, 0.25) is 5.91 Å². The number of hydrogen-bond acceptors (Lipinski definition) is 4. The predicted octanol–water partition coefficient (Wildman–Crippen LogP) is 5.59. The highest BCUT2D eigenvalue weighted by Gasteiger charge is 2.35. The zero-order valence-electron chi connectivity index (χ0n) is 18.5. The smallest absolute Gasteiger partial charge is 0.293 e. The van der Waals surface area contributed by atoms with Crippen LogP contribution in [0.25, 0.3) is 17.0 Å². The lowest BCUT2D eigenvalue weighted by Crippen LogP contribution is -2.35. The van der Waals surface area contributed by atoms with Crippen molar-refractivity contribution in [3.05, 3.63) is 75.8 Å². The van der Waals surface area contributed by atoms with E-state index in [2.05, 4.69) is 5.32 Å². The van der Waals surface area contributed by atoms with Crippen LogP contribution in [-0.4, -0.2) is 32.6 Å². The average Bonchev–Trinajstić information content (AvgIpc) is 3.52. The Morgan fingerprint density at radius 1 is 1.09 bits per heavy atom. The zero-order valence-corrected chi connectivity index (χ0v) is 20.1. The number of hydrogen-bond donors (Lipinski definition) is 1. The molecule has 1 N–H and O–H groups in total. The first-order chi connectivity index (χ1) is 16.5. The molecule has 34 heavy (non-hydrogen) atoms. The lowest BCUT2D eigenvalue weighted by Gasteiger charge is -2.13. The highest BCUT2D eigenvalue weighted by atomic mass is 35.5. The van der Waals surface area contributed by atoms with Gasteiger partial charge in [-0.3, -0.25) is 19.3 Å².